The maximum atomic E-state index is 3.33. The lowest BCUT2D eigenvalue weighted by molar-refractivity contribution is 0.241. The van der Waals surface area contributed by atoms with Crippen molar-refractivity contribution in [1.82, 2.24) is 0 Å². The van der Waals surface area contributed by atoms with Crippen LogP contribution in [-0.4, -0.2) is 0 Å². The lowest BCUT2D eigenvalue weighted by Gasteiger charge is -2.30. The predicted octanol–water partition coefficient (Wildman–Crippen LogP) is 3.23. The van der Waals surface area contributed by atoms with Crippen molar-refractivity contribution < 1.29 is 0 Å². The summed E-state index contributed by atoms with van der Waals surface area (Å²) in [4.78, 5) is 0. The molecule has 0 heterocycles. The van der Waals surface area contributed by atoms with Crippen LogP contribution in [0, 0.1) is 23.7 Å². The zero-order valence-corrected chi connectivity index (χ0v) is 7.69. The number of rotatable bonds is 2. The summed E-state index contributed by atoms with van der Waals surface area (Å²) in [6.45, 7) is 4.46. The van der Waals surface area contributed by atoms with Gasteiger partial charge in [-0.2, -0.15) is 0 Å². The molecular weight excluding hydrogens is 132 g/mol. The average molecular weight is 150 g/mol. The quantitative estimate of drug-likeness (QED) is 0.530. The first kappa shape index (κ1) is 8.65. The van der Waals surface area contributed by atoms with Crippen LogP contribution in [0.2, 0.25) is 0 Å². The highest BCUT2D eigenvalue weighted by Crippen LogP contribution is 2.35. The van der Waals surface area contributed by atoms with E-state index < -0.39 is 0 Å². The fourth-order valence-electron chi connectivity index (χ4n) is 1.53. The van der Waals surface area contributed by atoms with Crippen molar-refractivity contribution in [3.8, 4) is 11.8 Å². The molecule has 0 aromatic rings. The van der Waals surface area contributed by atoms with Crippen LogP contribution in [0.4, 0.5) is 0 Å². The standard InChI is InChI=1S/C11H18/c1-3-5-6-7-11-8-10(4-2)9-11/h10-11H,3-5,8-9H2,1-2H3. The third kappa shape index (κ3) is 2.58. The van der Waals surface area contributed by atoms with Crippen LogP contribution in [0.3, 0.4) is 0 Å². The van der Waals surface area contributed by atoms with Crippen LogP contribution in [0.1, 0.15) is 46.0 Å². The van der Waals surface area contributed by atoms with Crippen LogP contribution in [0.5, 0.6) is 0 Å². The summed E-state index contributed by atoms with van der Waals surface area (Å²) in [5, 5.41) is 0. The van der Waals surface area contributed by atoms with Gasteiger partial charge in [0.15, 0.2) is 0 Å². The van der Waals surface area contributed by atoms with Gasteiger partial charge in [0.1, 0.15) is 0 Å². The number of hydrogen-bond acceptors (Lipinski definition) is 0. The Bertz CT molecular complexity index is 153. The first-order valence-corrected chi connectivity index (χ1v) is 4.85. The highest BCUT2D eigenvalue weighted by molar-refractivity contribution is 5.07. The topological polar surface area (TPSA) is 0 Å². The molecule has 0 aliphatic heterocycles. The molecule has 11 heavy (non-hydrogen) atoms. The maximum Gasteiger partial charge on any atom is 0.0208 e. The Hall–Kier alpha value is -0.440. The van der Waals surface area contributed by atoms with Gasteiger partial charge < -0.3 is 0 Å². The smallest absolute Gasteiger partial charge is 0.0208 e. The van der Waals surface area contributed by atoms with E-state index in [0.29, 0.717) is 0 Å². The Labute approximate surface area is 70.4 Å². The lowest BCUT2D eigenvalue weighted by Crippen LogP contribution is -2.21. The molecule has 1 fully saturated rings. The molecule has 0 N–H and O–H groups in total. The third-order valence-corrected chi connectivity index (χ3v) is 2.49. The van der Waals surface area contributed by atoms with Crippen molar-refractivity contribution in [3.05, 3.63) is 0 Å². The van der Waals surface area contributed by atoms with Gasteiger partial charge in [0, 0.05) is 12.3 Å². The van der Waals surface area contributed by atoms with Crippen molar-refractivity contribution in [3.63, 3.8) is 0 Å². The van der Waals surface area contributed by atoms with Crippen LogP contribution < -0.4 is 0 Å². The molecule has 1 saturated carbocycles. The molecular formula is C11H18. The van der Waals surface area contributed by atoms with Crippen molar-refractivity contribution in [2.45, 2.75) is 46.0 Å². The molecule has 0 aromatic carbocycles. The Kier molecular flexibility index (Phi) is 3.49. The monoisotopic (exact) mass is 150 g/mol. The van der Waals surface area contributed by atoms with Crippen LogP contribution in [0.15, 0.2) is 0 Å². The normalized spacial score (nSPS) is 28.5. The molecule has 0 atom stereocenters. The van der Waals surface area contributed by atoms with Gasteiger partial charge in [-0.05, 0) is 25.2 Å². The Morgan fingerprint density at radius 2 is 2.00 bits per heavy atom. The lowest BCUT2D eigenvalue weighted by atomic mass is 9.74. The predicted molar refractivity (Wildman–Crippen MR) is 49.2 cm³/mol. The molecule has 0 saturated heterocycles. The molecule has 0 radical (unpaired) electrons. The first-order valence-electron chi connectivity index (χ1n) is 4.85. The van der Waals surface area contributed by atoms with Gasteiger partial charge in [0.25, 0.3) is 0 Å². The highest BCUT2D eigenvalue weighted by Gasteiger charge is 2.25. The summed E-state index contributed by atoms with van der Waals surface area (Å²) >= 11 is 0. The van der Waals surface area contributed by atoms with Crippen molar-refractivity contribution in [2.24, 2.45) is 11.8 Å². The Morgan fingerprint density at radius 3 is 2.55 bits per heavy atom. The summed E-state index contributed by atoms with van der Waals surface area (Å²) < 4.78 is 0. The largest absolute Gasteiger partial charge is 0.103 e. The molecule has 0 unspecified atom stereocenters. The van der Waals surface area contributed by atoms with Crippen LogP contribution >= 0.6 is 0 Å². The van der Waals surface area contributed by atoms with E-state index in [9.17, 15) is 0 Å². The molecule has 62 valence electrons. The molecule has 0 heteroatoms. The molecule has 0 nitrogen and oxygen atoms in total. The van der Waals surface area contributed by atoms with Gasteiger partial charge in [0.05, 0.1) is 0 Å². The summed E-state index contributed by atoms with van der Waals surface area (Å²) in [5.74, 6) is 8.32. The van der Waals surface area contributed by atoms with E-state index in [4.69, 9.17) is 0 Å². The fraction of sp³-hybridized carbons (Fsp3) is 0.818. The second kappa shape index (κ2) is 4.44. The van der Waals surface area contributed by atoms with E-state index in [-0.39, 0.29) is 0 Å². The molecule has 1 rings (SSSR count). The van der Waals surface area contributed by atoms with Gasteiger partial charge >= 0.3 is 0 Å². The van der Waals surface area contributed by atoms with Crippen LogP contribution in [-0.2, 0) is 0 Å². The van der Waals surface area contributed by atoms with E-state index in [1.54, 1.807) is 0 Å². The van der Waals surface area contributed by atoms with Crippen molar-refractivity contribution >= 4 is 0 Å². The van der Waals surface area contributed by atoms with Crippen LogP contribution in [0.25, 0.3) is 0 Å². The molecule has 0 bridgehead atoms. The number of hydrogen-bond donors (Lipinski definition) is 0. The van der Waals surface area contributed by atoms with E-state index in [2.05, 4.69) is 25.7 Å². The number of unbranched alkanes of at least 4 members (excludes halogenated alkanes) is 1. The van der Waals surface area contributed by atoms with E-state index in [1.165, 1.54) is 25.7 Å². The maximum absolute atomic E-state index is 3.33. The molecule has 0 amide bonds. The summed E-state index contributed by atoms with van der Waals surface area (Å²) in [5.41, 5.74) is 0. The third-order valence-electron chi connectivity index (χ3n) is 2.49. The van der Waals surface area contributed by atoms with E-state index in [0.717, 1.165) is 18.3 Å². The SMILES string of the molecule is CCCC#CC1CC(CC)C1. The first-order chi connectivity index (χ1) is 5.36. The highest BCUT2D eigenvalue weighted by atomic mass is 14.3. The summed E-state index contributed by atoms with van der Waals surface area (Å²) in [6.07, 6.45) is 6.39. The van der Waals surface area contributed by atoms with Gasteiger partial charge in [-0.1, -0.05) is 26.2 Å². The molecule has 1 aliphatic carbocycles. The van der Waals surface area contributed by atoms with Gasteiger partial charge in [-0.3, -0.25) is 0 Å². The van der Waals surface area contributed by atoms with Gasteiger partial charge in [-0.25, -0.2) is 0 Å². The van der Waals surface area contributed by atoms with Crippen molar-refractivity contribution in [1.29, 1.82) is 0 Å². The molecule has 0 aromatic heterocycles. The fourth-order valence-corrected chi connectivity index (χ4v) is 1.53. The second-order valence-corrected chi connectivity index (χ2v) is 3.51. The zero-order chi connectivity index (χ0) is 8.10. The van der Waals surface area contributed by atoms with E-state index in [1.807, 2.05) is 0 Å². The molecule has 1 aliphatic rings. The average Bonchev–Trinajstić information content (AvgIpc) is 1.94. The Balaban J connectivity index is 2.09. The minimum Gasteiger partial charge on any atom is -0.103 e. The summed E-state index contributed by atoms with van der Waals surface area (Å²) in [7, 11) is 0. The second-order valence-electron chi connectivity index (χ2n) is 3.51. The summed E-state index contributed by atoms with van der Waals surface area (Å²) in [6, 6.07) is 0. The minimum absolute atomic E-state index is 0.756. The Morgan fingerprint density at radius 1 is 1.27 bits per heavy atom. The van der Waals surface area contributed by atoms with Gasteiger partial charge in [-0.15, -0.1) is 5.92 Å². The van der Waals surface area contributed by atoms with Gasteiger partial charge in [0.2, 0.25) is 0 Å². The minimum atomic E-state index is 0.756. The van der Waals surface area contributed by atoms with E-state index >= 15 is 0 Å². The van der Waals surface area contributed by atoms with Crippen molar-refractivity contribution in [2.75, 3.05) is 0 Å². The molecule has 0 spiro atoms. The zero-order valence-electron chi connectivity index (χ0n) is 7.69.